The van der Waals surface area contributed by atoms with Crippen molar-refractivity contribution in [3.05, 3.63) is 0 Å². The Balaban J connectivity index is 2.08. The topological polar surface area (TPSA) is 169 Å². The first-order valence-electron chi connectivity index (χ1n) is 6.93. The minimum absolute atomic E-state index is 0.642. The van der Waals surface area contributed by atoms with Crippen molar-refractivity contribution >= 4 is 0 Å². The number of aliphatic hydroxyl groups is 7. The quantitative estimate of drug-likeness (QED) is 0.269. The molecule has 22 heavy (non-hydrogen) atoms. The zero-order chi connectivity index (χ0) is 16.6. The van der Waals surface area contributed by atoms with Crippen LogP contribution in [0, 0.1) is 0 Å². The summed E-state index contributed by atoms with van der Waals surface area (Å²) in [6, 6.07) is 0. The third-order valence-electron chi connectivity index (χ3n) is 3.94. The molecule has 0 aromatic rings. The highest BCUT2D eigenvalue weighted by Crippen LogP contribution is 2.28. The molecule has 2 heterocycles. The van der Waals surface area contributed by atoms with Gasteiger partial charge in [-0.25, -0.2) is 0 Å². The van der Waals surface area contributed by atoms with Crippen LogP contribution in [0.5, 0.6) is 0 Å². The maximum Gasteiger partial charge on any atom is 0.187 e. The molecule has 2 aliphatic rings. The predicted octanol–water partition coefficient (Wildman–Crippen LogP) is -4.37. The van der Waals surface area contributed by atoms with E-state index in [1.807, 2.05) is 0 Å². The zero-order valence-corrected chi connectivity index (χ0v) is 11.8. The molecule has 2 fully saturated rings. The van der Waals surface area contributed by atoms with Gasteiger partial charge in [-0.05, 0) is 6.92 Å². The molecule has 2 saturated heterocycles. The summed E-state index contributed by atoms with van der Waals surface area (Å²) >= 11 is 0. The first-order valence-corrected chi connectivity index (χ1v) is 6.93. The number of hydrogen-bond acceptors (Lipinski definition) is 10. The first kappa shape index (κ1) is 17.9. The van der Waals surface area contributed by atoms with Crippen molar-refractivity contribution in [3.8, 4) is 0 Å². The highest BCUT2D eigenvalue weighted by atomic mass is 16.7. The summed E-state index contributed by atoms with van der Waals surface area (Å²) in [5, 5.41) is 67.6. The van der Waals surface area contributed by atoms with Crippen LogP contribution in [0.4, 0.5) is 0 Å². The van der Waals surface area contributed by atoms with Gasteiger partial charge in [0.1, 0.15) is 42.7 Å². The normalized spacial score (nSPS) is 53.5. The van der Waals surface area contributed by atoms with Crippen LogP contribution in [0.2, 0.25) is 0 Å². The lowest BCUT2D eigenvalue weighted by atomic mass is 9.98. The number of hydrogen-bond donors (Lipinski definition) is 7. The van der Waals surface area contributed by atoms with Crippen LogP contribution >= 0.6 is 0 Å². The molecule has 0 saturated carbocycles. The summed E-state index contributed by atoms with van der Waals surface area (Å²) in [5.74, 6) is 0. The van der Waals surface area contributed by atoms with Crippen molar-refractivity contribution in [2.75, 3.05) is 6.61 Å². The minimum Gasteiger partial charge on any atom is -0.394 e. The van der Waals surface area contributed by atoms with Crippen molar-refractivity contribution < 1.29 is 50.0 Å². The molecule has 130 valence electrons. The molecule has 1 unspecified atom stereocenters. The summed E-state index contributed by atoms with van der Waals surface area (Å²) in [7, 11) is 0. The lowest BCUT2D eigenvalue weighted by molar-refractivity contribution is -0.359. The van der Waals surface area contributed by atoms with Gasteiger partial charge in [-0.15, -0.1) is 0 Å². The standard InChI is InChI=1S/C12H22O10/c1-3-5(14)8(17)10(11(19)20-3)22-12-9(18)7(16)6(15)4(2-13)21-12/h3-19H,2H2,1H3/t3-,4-,5+,6+,7+,8+,9-,10-,11?,12+/m1/s1. The van der Waals surface area contributed by atoms with Crippen molar-refractivity contribution in [2.45, 2.75) is 68.3 Å². The summed E-state index contributed by atoms with van der Waals surface area (Å²) < 4.78 is 15.3. The Kier molecular flexibility index (Phi) is 5.72. The second kappa shape index (κ2) is 7.01. The van der Waals surface area contributed by atoms with E-state index < -0.39 is 68.0 Å². The minimum atomic E-state index is -1.69. The Morgan fingerprint density at radius 3 is 2.05 bits per heavy atom. The molecule has 2 aliphatic heterocycles. The van der Waals surface area contributed by atoms with Crippen molar-refractivity contribution in [1.29, 1.82) is 0 Å². The van der Waals surface area contributed by atoms with Crippen LogP contribution in [0.1, 0.15) is 6.92 Å². The van der Waals surface area contributed by atoms with Gasteiger partial charge in [-0.2, -0.15) is 0 Å². The molecule has 0 spiro atoms. The Morgan fingerprint density at radius 1 is 0.818 bits per heavy atom. The van der Waals surface area contributed by atoms with Crippen LogP contribution in [0.3, 0.4) is 0 Å². The fourth-order valence-corrected chi connectivity index (χ4v) is 2.50. The summed E-state index contributed by atoms with van der Waals surface area (Å²) in [4.78, 5) is 0. The van der Waals surface area contributed by atoms with Crippen molar-refractivity contribution in [1.82, 2.24) is 0 Å². The first-order chi connectivity index (χ1) is 10.3. The molecule has 10 nitrogen and oxygen atoms in total. The average Bonchev–Trinajstić information content (AvgIpc) is 2.49. The van der Waals surface area contributed by atoms with Gasteiger partial charge in [0.15, 0.2) is 12.6 Å². The summed E-state index contributed by atoms with van der Waals surface area (Å²) in [6.07, 6.45) is -14.4. The van der Waals surface area contributed by atoms with Gasteiger partial charge in [0.05, 0.1) is 12.7 Å². The lowest BCUT2D eigenvalue weighted by Crippen LogP contribution is -2.63. The molecular formula is C12H22O10. The number of aliphatic hydroxyl groups excluding tert-OH is 7. The number of rotatable bonds is 3. The smallest absolute Gasteiger partial charge is 0.187 e. The lowest BCUT2D eigenvalue weighted by Gasteiger charge is -2.44. The number of ether oxygens (including phenoxy) is 3. The van der Waals surface area contributed by atoms with Crippen LogP contribution in [-0.2, 0) is 14.2 Å². The van der Waals surface area contributed by atoms with E-state index in [4.69, 9.17) is 19.3 Å². The van der Waals surface area contributed by atoms with E-state index in [0.29, 0.717) is 0 Å². The second-order valence-corrected chi connectivity index (χ2v) is 5.51. The van der Waals surface area contributed by atoms with Gasteiger partial charge in [0.25, 0.3) is 0 Å². The molecule has 0 aliphatic carbocycles. The van der Waals surface area contributed by atoms with Gasteiger partial charge >= 0.3 is 0 Å². The molecule has 0 radical (unpaired) electrons. The van der Waals surface area contributed by atoms with E-state index in [0.717, 1.165) is 0 Å². The Bertz CT molecular complexity index is 366. The molecule has 0 aromatic heterocycles. The monoisotopic (exact) mass is 326 g/mol. The molecule has 10 atom stereocenters. The van der Waals surface area contributed by atoms with E-state index in [2.05, 4.69) is 0 Å². The van der Waals surface area contributed by atoms with Crippen LogP contribution in [-0.4, -0.2) is 104 Å². The van der Waals surface area contributed by atoms with Gasteiger partial charge < -0.3 is 50.0 Å². The fraction of sp³-hybridized carbons (Fsp3) is 1.00. The van der Waals surface area contributed by atoms with Gasteiger partial charge in [-0.1, -0.05) is 0 Å². The van der Waals surface area contributed by atoms with Crippen molar-refractivity contribution in [3.63, 3.8) is 0 Å². The molecule has 2 rings (SSSR count). The van der Waals surface area contributed by atoms with Gasteiger partial charge in [0.2, 0.25) is 0 Å². The SMILES string of the molecule is C[C@H]1OC(O)[C@H](O[C@@H]2O[C@H](CO)[C@H](O)[C@H](O)[C@H]2O)[C@@H](O)[C@H]1O. The Morgan fingerprint density at radius 2 is 1.45 bits per heavy atom. The van der Waals surface area contributed by atoms with Crippen LogP contribution in [0.25, 0.3) is 0 Å². The van der Waals surface area contributed by atoms with E-state index in [1.165, 1.54) is 6.92 Å². The zero-order valence-electron chi connectivity index (χ0n) is 11.8. The molecule has 7 N–H and O–H groups in total. The van der Waals surface area contributed by atoms with Crippen LogP contribution in [0.15, 0.2) is 0 Å². The molecular weight excluding hydrogens is 304 g/mol. The molecule has 0 aromatic carbocycles. The highest BCUT2D eigenvalue weighted by Gasteiger charge is 2.49. The fourth-order valence-electron chi connectivity index (χ4n) is 2.50. The Labute approximate surface area is 126 Å². The summed E-state index contributed by atoms with van der Waals surface area (Å²) in [5.41, 5.74) is 0. The highest BCUT2D eigenvalue weighted by molar-refractivity contribution is 4.92. The maximum absolute atomic E-state index is 9.92. The summed E-state index contributed by atoms with van der Waals surface area (Å²) in [6.45, 7) is 0.803. The predicted molar refractivity (Wildman–Crippen MR) is 67.2 cm³/mol. The van der Waals surface area contributed by atoms with E-state index >= 15 is 0 Å². The average molecular weight is 326 g/mol. The van der Waals surface area contributed by atoms with E-state index in [9.17, 15) is 30.6 Å². The molecule has 10 heteroatoms. The van der Waals surface area contributed by atoms with Crippen molar-refractivity contribution in [2.24, 2.45) is 0 Å². The Hall–Kier alpha value is -0.400. The van der Waals surface area contributed by atoms with Gasteiger partial charge in [-0.3, -0.25) is 0 Å². The van der Waals surface area contributed by atoms with Crippen LogP contribution < -0.4 is 0 Å². The molecule has 0 amide bonds. The van der Waals surface area contributed by atoms with E-state index in [-0.39, 0.29) is 0 Å². The maximum atomic E-state index is 9.92. The third kappa shape index (κ3) is 3.26. The van der Waals surface area contributed by atoms with Gasteiger partial charge in [0, 0.05) is 0 Å². The van der Waals surface area contributed by atoms with E-state index in [1.54, 1.807) is 0 Å². The third-order valence-corrected chi connectivity index (χ3v) is 3.94. The molecule has 0 bridgehead atoms. The largest absolute Gasteiger partial charge is 0.394 e. The second-order valence-electron chi connectivity index (χ2n) is 5.51.